The first-order valence-electron chi connectivity index (χ1n) is 4.44. The fourth-order valence-corrected chi connectivity index (χ4v) is 1.54. The van der Waals surface area contributed by atoms with Gasteiger partial charge in [-0.1, -0.05) is 6.07 Å². The number of anilines is 1. The van der Waals surface area contributed by atoms with Gasteiger partial charge in [0.05, 0.1) is 12.2 Å². The van der Waals surface area contributed by atoms with Crippen molar-refractivity contribution in [3.05, 3.63) is 29.5 Å². The molecule has 0 aliphatic carbocycles. The minimum atomic E-state index is 0.339. The standard InChI is InChI=1S/C11H11NO2/c1-8-3-4-10-11(5-8)14-9(7-13)6-12(10)2/h3-5H,6H2,1-2H3. The van der Waals surface area contributed by atoms with Gasteiger partial charge in [0, 0.05) is 7.05 Å². The predicted octanol–water partition coefficient (Wildman–Crippen LogP) is 1.54. The van der Waals surface area contributed by atoms with Gasteiger partial charge in [-0.3, -0.25) is 0 Å². The zero-order chi connectivity index (χ0) is 10.1. The molecule has 1 aromatic carbocycles. The summed E-state index contributed by atoms with van der Waals surface area (Å²) in [4.78, 5) is 12.5. The Balaban J connectivity index is 2.50. The minimum absolute atomic E-state index is 0.339. The van der Waals surface area contributed by atoms with Crippen molar-refractivity contribution in [2.75, 3.05) is 18.5 Å². The van der Waals surface area contributed by atoms with E-state index in [1.165, 1.54) is 0 Å². The van der Waals surface area contributed by atoms with Gasteiger partial charge in [-0.05, 0) is 24.6 Å². The van der Waals surface area contributed by atoms with Crippen LogP contribution in [-0.2, 0) is 4.79 Å². The molecule has 0 radical (unpaired) electrons. The van der Waals surface area contributed by atoms with Crippen molar-refractivity contribution in [1.29, 1.82) is 0 Å². The first kappa shape index (κ1) is 8.85. The molecule has 2 rings (SSSR count). The summed E-state index contributed by atoms with van der Waals surface area (Å²) < 4.78 is 5.38. The van der Waals surface area contributed by atoms with Crippen LogP contribution in [0.4, 0.5) is 5.69 Å². The Kier molecular flexibility index (Phi) is 2.02. The van der Waals surface area contributed by atoms with E-state index in [1.807, 2.05) is 37.1 Å². The third-order valence-corrected chi connectivity index (χ3v) is 2.25. The largest absolute Gasteiger partial charge is 0.446 e. The molecule has 0 fully saturated rings. The summed E-state index contributed by atoms with van der Waals surface area (Å²) >= 11 is 0. The molecule has 0 saturated heterocycles. The van der Waals surface area contributed by atoms with Gasteiger partial charge in [-0.2, -0.15) is 0 Å². The minimum Gasteiger partial charge on any atom is -0.446 e. The van der Waals surface area contributed by atoms with Crippen molar-refractivity contribution in [2.45, 2.75) is 6.92 Å². The zero-order valence-corrected chi connectivity index (χ0v) is 8.20. The second-order valence-electron chi connectivity index (χ2n) is 3.45. The van der Waals surface area contributed by atoms with E-state index in [-0.39, 0.29) is 0 Å². The molecular weight excluding hydrogens is 178 g/mol. The molecule has 72 valence electrons. The molecule has 1 aliphatic heterocycles. The second-order valence-corrected chi connectivity index (χ2v) is 3.45. The number of rotatable bonds is 0. The van der Waals surface area contributed by atoms with Gasteiger partial charge in [0.2, 0.25) is 5.76 Å². The highest BCUT2D eigenvalue weighted by Crippen LogP contribution is 2.33. The van der Waals surface area contributed by atoms with Crippen LogP contribution in [-0.4, -0.2) is 19.5 Å². The molecule has 1 aromatic rings. The number of aryl methyl sites for hydroxylation is 1. The molecule has 14 heavy (non-hydrogen) atoms. The maximum Gasteiger partial charge on any atom is 0.206 e. The van der Waals surface area contributed by atoms with Crippen LogP contribution in [0.5, 0.6) is 5.75 Å². The fourth-order valence-electron chi connectivity index (χ4n) is 1.54. The van der Waals surface area contributed by atoms with Crippen LogP contribution in [0.2, 0.25) is 0 Å². The Morgan fingerprint density at radius 1 is 1.50 bits per heavy atom. The average molecular weight is 189 g/mol. The lowest BCUT2D eigenvalue weighted by molar-refractivity contribution is 0.400. The Morgan fingerprint density at radius 3 is 3.00 bits per heavy atom. The van der Waals surface area contributed by atoms with Crippen LogP contribution < -0.4 is 9.64 Å². The fraction of sp³-hybridized carbons (Fsp3) is 0.273. The van der Waals surface area contributed by atoms with Crippen molar-refractivity contribution in [3.63, 3.8) is 0 Å². The summed E-state index contributed by atoms with van der Waals surface area (Å²) in [6, 6.07) is 5.93. The summed E-state index contributed by atoms with van der Waals surface area (Å²) in [5.41, 5.74) is 2.12. The van der Waals surface area contributed by atoms with Crippen molar-refractivity contribution in [2.24, 2.45) is 0 Å². The Morgan fingerprint density at radius 2 is 2.29 bits per heavy atom. The normalized spacial score (nSPS) is 14.4. The Labute approximate surface area is 82.6 Å². The zero-order valence-electron chi connectivity index (χ0n) is 8.20. The van der Waals surface area contributed by atoms with E-state index in [9.17, 15) is 4.79 Å². The topological polar surface area (TPSA) is 29.5 Å². The Hall–Kier alpha value is -1.73. The molecular formula is C11H11NO2. The number of hydrogen-bond acceptors (Lipinski definition) is 3. The van der Waals surface area contributed by atoms with Gasteiger partial charge < -0.3 is 9.64 Å². The highest BCUT2D eigenvalue weighted by Gasteiger charge is 2.19. The lowest BCUT2D eigenvalue weighted by Gasteiger charge is -2.27. The van der Waals surface area contributed by atoms with Crippen molar-refractivity contribution >= 4 is 11.6 Å². The monoisotopic (exact) mass is 189 g/mol. The predicted molar refractivity (Wildman–Crippen MR) is 54.3 cm³/mol. The third-order valence-electron chi connectivity index (χ3n) is 2.25. The molecule has 3 nitrogen and oxygen atoms in total. The molecule has 3 heteroatoms. The van der Waals surface area contributed by atoms with Crippen LogP contribution >= 0.6 is 0 Å². The Bertz CT molecular complexity index is 419. The van der Waals surface area contributed by atoms with E-state index >= 15 is 0 Å². The van der Waals surface area contributed by atoms with Gasteiger partial charge in [0.1, 0.15) is 0 Å². The first-order valence-corrected chi connectivity index (χ1v) is 4.44. The quantitative estimate of drug-likeness (QED) is 0.580. The van der Waals surface area contributed by atoms with Gasteiger partial charge in [0.15, 0.2) is 11.7 Å². The van der Waals surface area contributed by atoms with Crippen molar-refractivity contribution in [3.8, 4) is 5.75 Å². The van der Waals surface area contributed by atoms with E-state index in [0.717, 1.165) is 17.0 Å². The number of fused-ring (bicyclic) bond motifs is 1. The number of carbonyl (C=O) groups excluding carboxylic acids is 1. The first-order chi connectivity index (χ1) is 6.70. The van der Waals surface area contributed by atoms with Crippen molar-refractivity contribution in [1.82, 2.24) is 0 Å². The van der Waals surface area contributed by atoms with Gasteiger partial charge in [-0.15, -0.1) is 0 Å². The van der Waals surface area contributed by atoms with E-state index in [1.54, 1.807) is 5.94 Å². The van der Waals surface area contributed by atoms with Crippen LogP contribution in [0.15, 0.2) is 24.0 Å². The van der Waals surface area contributed by atoms with E-state index in [2.05, 4.69) is 0 Å². The number of ether oxygens (including phenoxy) is 1. The SMILES string of the molecule is Cc1ccc2c(c1)OC(=C=O)CN2C. The smallest absolute Gasteiger partial charge is 0.206 e. The lowest BCUT2D eigenvalue weighted by atomic mass is 10.2. The number of benzene rings is 1. The van der Waals surface area contributed by atoms with Crippen LogP contribution in [0.25, 0.3) is 0 Å². The molecule has 0 bridgehead atoms. The van der Waals surface area contributed by atoms with Crippen molar-refractivity contribution < 1.29 is 9.53 Å². The summed E-state index contributed by atoms with van der Waals surface area (Å²) in [5, 5.41) is 0. The summed E-state index contributed by atoms with van der Waals surface area (Å²) in [7, 11) is 1.92. The second kappa shape index (κ2) is 3.20. The molecule has 0 atom stereocenters. The van der Waals surface area contributed by atoms with Gasteiger partial charge in [0.25, 0.3) is 0 Å². The van der Waals surface area contributed by atoms with Gasteiger partial charge >= 0.3 is 0 Å². The highest BCUT2D eigenvalue weighted by molar-refractivity contribution is 5.66. The van der Waals surface area contributed by atoms with E-state index in [4.69, 9.17) is 4.74 Å². The summed E-state index contributed by atoms with van der Waals surface area (Å²) in [6.45, 7) is 2.47. The van der Waals surface area contributed by atoms with E-state index < -0.39 is 0 Å². The molecule has 0 saturated carbocycles. The van der Waals surface area contributed by atoms with Gasteiger partial charge in [-0.25, -0.2) is 4.79 Å². The molecule has 0 N–H and O–H groups in total. The molecule has 0 spiro atoms. The van der Waals surface area contributed by atoms with Crippen LogP contribution in [0.3, 0.4) is 0 Å². The maximum atomic E-state index is 10.5. The third kappa shape index (κ3) is 1.38. The van der Waals surface area contributed by atoms with Crippen LogP contribution in [0.1, 0.15) is 5.56 Å². The highest BCUT2D eigenvalue weighted by atomic mass is 16.5. The molecule has 0 unspecified atom stereocenters. The molecule has 0 amide bonds. The van der Waals surface area contributed by atoms with E-state index in [0.29, 0.717) is 12.3 Å². The molecule has 1 heterocycles. The number of nitrogens with zero attached hydrogens (tertiary/aromatic N) is 1. The summed E-state index contributed by atoms with van der Waals surface area (Å²) in [6.07, 6.45) is 0. The maximum absolute atomic E-state index is 10.5. The van der Waals surface area contributed by atoms with Crippen LogP contribution in [0, 0.1) is 6.92 Å². The lowest BCUT2D eigenvalue weighted by Crippen LogP contribution is -2.27. The average Bonchev–Trinajstić information content (AvgIpc) is 2.16. The summed E-state index contributed by atoms with van der Waals surface area (Å²) in [5.74, 6) is 2.87. The number of likely N-dealkylation sites (N-methyl/N-ethyl adjacent to an activating group) is 1. The number of hydrogen-bond donors (Lipinski definition) is 0. The molecule has 1 aliphatic rings. The molecule has 0 aromatic heterocycles.